The average Bonchev–Trinajstić information content (AvgIpc) is 2.80. The zero-order valence-corrected chi connectivity index (χ0v) is 14.9. The number of nitrogens with one attached hydrogen (secondary N) is 2. The van der Waals surface area contributed by atoms with Crippen LogP contribution in [0.1, 0.15) is 51.8 Å². The monoisotopic (exact) mass is 385 g/mol. The molecule has 0 aliphatic carbocycles. The van der Waals surface area contributed by atoms with Crippen molar-refractivity contribution in [1.29, 1.82) is 0 Å². The van der Waals surface area contributed by atoms with Gasteiger partial charge in [0.2, 0.25) is 0 Å². The van der Waals surface area contributed by atoms with E-state index in [4.69, 9.17) is 0 Å². The maximum atomic E-state index is 12.5. The third kappa shape index (κ3) is 4.26. The number of hydrogen-bond acceptors (Lipinski definition) is 4. The standard InChI is InChI=1S/C17H18F3N3O4/c1-16(2,3)23-13(25)10-5-4-9(8-11(10)14(23)26)12(24)21-6-7-22-15(27)17(18,19)20/h4-5,8H,6-7H2,1-3H3,(H,21,24)(H,22,27). The normalized spacial score (nSPS) is 14.2. The van der Waals surface area contributed by atoms with E-state index in [2.05, 4.69) is 5.32 Å². The van der Waals surface area contributed by atoms with E-state index in [1.807, 2.05) is 0 Å². The highest BCUT2D eigenvalue weighted by molar-refractivity contribution is 6.22. The van der Waals surface area contributed by atoms with Gasteiger partial charge in [0.05, 0.1) is 11.1 Å². The molecule has 0 radical (unpaired) electrons. The summed E-state index contributed by atoms with van der Waals surface area (Å²) in [5.41, 5.74) is -0.378. The lowest BCUT2D eigenvalue weighted by atomic mass is 10.1. The summed E-state index contributed by atoms with van der Waals surface area (Å²) in [6.07, 6.45) is -4.99. The van der Waals surface area contributed by atoms with Crippen molar-refractivity contribution in [2.24, 2.45) is 0 Å². The zero-order valence-electron chi connectivity index (χ0n) is 14.9. The Balaban J connectivity index is 2.03. The van der Waals surface area contributed by atoms with Crippen molar-refractivity contribution in [2.75, 3.05) is 13.1 Å². The number of fused-ring (bicyclic) bond motifs is 1. The summed E-state index contributed by atoms with van der Waals surface area (Å²) in [6.45, 7) is 4.47. The predicted octanol–water partition coefficient (Wildman–Crippen LogP) is 1.49. The maximum absolute atomic E-state index is 12.5. The van der Waals surface area contributed by atoms with Crippen LogP contribution < -0.4 is 10.6 Å². The summed E-state index contributed by atoms with van der Waals surface area (Å²) in [5, 5.41) is 3.96. The molecule has 0 aromatic heterocycles. The van der Waals surface area contributed by atoms with E-state index in [0.29, 0.717) is 0 Å². The van der Waals surface area contributed by atoms with Crippen molar-refractivity contribution in [3.63, 3.8) is 0 Å². The molecule has 1 aliphatic heterocycles. The van der Waals surface area contributed by atoms with Crippen LogP contribution in [-0.2, 0) is 4.79 Å². The van der Waals surface area contributed by atoms with Crippen molar-refractivity contribution in [2.45, 2.75) is 32.5 Å². The van der Waals surface area contributed by atoms with Crippen LogP contribution in [-0.4, -0.2) is 53.3 Å². The van der Waals surface area contributed by atoms with Crippen molar-refractivity contribution < 1.29 is 32.3 Å². The van der Waals surface area contributed by atoms with Crippen LogP contribution in [0.4, 0.5) is 13.2 Å². The largest absolute Gasteiger partial charge is 0.471 e. The van der Waals surface area contributed by atoms with Crippen LogP contribution in [0.15, 0.2) is 18.2 Å². The molecule has 1 heterocycles. The lowest BCUT2D eigenvalue weighted by molar-refractivity contribution is -0.173. The van der Waals surface area contributed by atoms with Crippen LogP contribution >= 0.6 is 0 Å². The van der Waals surface area contributed by atoms with Crippen molar-refractivity contribution in [3.8, 4) is 0 Å². The Morgan fingerprint density at radius 3 is 2.07 bits per heavy atom. The molecular weight excluding hydrogens is 367 g/mol. The molecule has 4 amide bonds. The van der Waals surface area contributed by atoms with Crippen molar-refractivity contribution >= 4 is 23.6 Å². The Morgan fingerprint density at radius 2 is 1.52 bits per heavy atom. The first-order valence-corrected chi connectivity index (χ1v) is 8.00. The van der Waals surface area contributed by atoms with E-state index in [9.17, 15) is 32.3 Å². The first kappa shape index (κ1) is 20.4. The van der Waals surface area contributed by atoms with E-state index in [1.54, 1.807) is 26.1 Å². The minimum Gasteiger partial charge on any atom is -0.350 e. The summed E-state index contributed by atoms with van der Waals surface area (Å²) in [6, 6.07) is 3.98. The molecular formula is C17H18F3N3O4. The number of alkyl halides is 3. The van der Waals surface area contributed by atoms with Crippen molar-refractivity contribution in [3.05, 3.63) is 34.9 Å². The van der Waals surface area contributed by atoms with Crippen LogP contribution in [0.5, 0.6) is 0 Å². The molecule has 0 fully saturated rings. The smallest absolute Gasteiger partial charge is 0.350 e. The summed E-state index contributed by atoms with van der Waals surface area (Å²) in [7, 11) is 0. The van der Waals surface area contributed by atoms with Gasteiger partial charge in [0.1, 0.15) is 0 Å². The van der Waals surface area contributed by atoms with Gasteiger partial charge in [-0.2, -0.15) is 13.2 Å². The Kier molecular flexibility index (Phi) is 5.30. The van der Waals surface area contributed by atoms with Crippen LogP contribution in [0.2, 0.25) is 0 Å². The summed E-state index contributed by atoms with van der Waals surface area (Å²) >= 11 is 0. The molecule has 2 N–H and O–H groups in total. The molecule has 0 bridgehead atoms. The molecule has 0 saturated carbocycles. The second-order valence-electron chi connectivity index (χ2n) is 6.89. The fraction of sp³-hybridized carbons (Fsp3) is 0.412. The molecule has 27 heavy (non-hydrogen) atoms. The number of imide groups is 1. The molecule has 146 valence electrons. The molecule has 0 unspecified atom stereocenters. The number of amides is 4. The summed E-state index contributed by atoms with van der Waals surface area (Å²) < 4.78 is 36.1. The number of nitrogens with zero attached hydrogens (tertiary/aromatic N) is 1. The molecule has 10 heteroatoms. The minimum absolute atomic E-state index is 0.0767. The highest BCUT2D eigenvalue weighted by Crippen LogP contribution is 2.29. The summed E-state index contributed by atoms with van der Waals surface area (Å²) in [4.78, 5) is 48.7. The molecule has 1 aliphatic rings. The van der Waals surface area contributed by atoms with Gasteiger partial charge in [0.15, 0.2) is 0 Å². The van der Waals surface area contributed by atoms with Crippen LogP contribution in [0.25, 0.3) is 0 Å². The third-order valence-corrected chi connectivity index (χ3v) is 3.77. The molecule has 1 aromatic carbocycles. The number of carbonyl (C=O) groups is 4. The predicted molar refractivity (Wildman–Crippen MR) is 88.1 cm³/mol. The minimum atomic E-state index is -4.99. The molecule has 7 nitrogen and oxygen atoms in total. The topological polar surface area (TPSA) is 95.6 Å². The fourth-order valence-corrected chi connectivity index (χ4v) is 2.55. The SMILES string of the molecule is CC(C)(C)N1C(=O)c2ccc(C(=O)NCCNC(=O)C(F)(F)F)cc2C1=O. The highest BCUT2D eigenvalue weighted by atomic mass is 19.4. The quantitative estimate of drug-likeness (QED) is 0.606. The van der Waals surface area contributed by atoms with Gasteiger partial charge in [-0.05, 0) is 39.0 Å². The number of halogens is 3. The van der Waals surface area contributed by atoms with Gasteiger partial charge in [-0.1, -0.05) is 0 Å². The maximum Gasteiger partial charge on any atom is 0.471 e. The zero-order chi connectivity index (χ0) is 20.6. The van der Waals surface area contributed by atoms with E-state index in [-0.39, 0.29) is 23.2 Å². The second-order valence-corrected chi connectivity index (χ2v) is 6.89. The van der Waals surface area contributed by atoms with Gasteiger partial charge >= 0.3 is 12.1 Å². The number of hydrogen-bond donors (Lipinski definition) is 2. The third-order valence-electron chi connectivity index (χ3n) is 3.77. The number of benzene rings is 1. The molecule has 0 spiro atoms. The van der Waals surface area contributed by atoms with E-state index < -0.39 is 41.9 Å². The molecule has 0 atom stereocenters. The molecule has 2 rings (SSSR count). The first-order valence-electron chi connectivity index (χ1n) is 8.00. The van der Waals surface area contributed by atoms with Gasteiger partial charge in [0, 0.05) is 24.2 Å². The molecule has 1 aromatic rings. The Labute approximate surface area is 152 Å². The Bertz CT molecular complexity index is 813. The van der Waals surface area contributed by atoms with Crippen LogP contribution in [0.3, 0.4) is 0 Å². The molecule has 0 saturated heterocycles. The van der Waals surface area contributed by atoms with E-state index in [0.717, 1.165) is 4.90 Å². The lowest BCUT2D eigenvalue weighted by Crippen LogP contribution is -2.45. The first-order chi connectivity index (χ1) is 12.3. The summed E-state index contributed by atoms with van der Waals surface area (Å²) in [5.74, 6) is -3.71. The van der Waals surface area contributed by atoms with Crippen molar-refractivity contribution in [1.82, 2.24) is 15.5 Å². The Morgan fingerprint density at radius 1 is 0.963 bits per heavy atom. The van der Waals surface area contributed by atoms with Gasteiger partial charge in [-0.3, -0.25) is 24.1 Å². The lowest BCUT2D eigenvalue weighted by Gasteiger charge is -2.29. The van der Waals surface area contributed by atoms with E-state index >= 15 is 0 Å². The average molecular weight is 385 g/mol. The van der Waals surface area contributed by atoms with Gasteiger partial charge in [-0.15, -0.1) is 0 Å². The van der Waals surface area contributed by atoms with Gasteiger partial charge in [-0.25, -0.2) is 0 Å². The number of carbonyl (C=O) groups excluding carboxylic acids is 4. The Hall–Kier alpha value is -2.91. The highest BCUT2D eigenvalue weighted by Gasteiger charge is 2.42. The number of rotatable bonds is 4. The van der Waals surface area contributed by atoms with Gasteiger partial charge in [0.25, 0.3) is 17.7 Å². The van der Waals surface area contributed by atoms with E-state index in [1.165, 1.54) is 18.2 Å². The fourth-order valence-electron chi connectivity index (χ4n) is 2.55. The van der Waals surface area contributed by atoms with Crippen LogP contribution in [0, 0.1) is 0 Å². The second kappa shape index (κ2) is 7.01. The van der Waals surface area contributed by atoms with Gasteiger partial charge < -0.3 is 10.6 Å².